The lowest BCUT2D eigenvalue weighted by molar-refractivity contribution is 0.0470. The van der Waals surface area contributed by atoms with Crippen molar-refractivity contribution >= 4 is 17.6 Å². The van der Waals surface area contributed by atoms with E-state index in [1.54, 1.807) is 0 Å². The van der Waals surface area contributed by atoms with Gasteiger partial charge in [-0.3, -0.25) is 18.7 Å². The summed E-state index contributed by atoms with van der Waals surface area (Å²) >= 11 is 0. The summed E-state index contributed by atoms with van der Waals surface area (Å²) in [5, 5.41) is 0. The van der Waals surface area contributed by atoms with E-state index in [9.17, 15) is 19.2 Å². The molecule has 0 bridgehead atoms. The monoisotopic (exact) mass is 435 g/mol. The summed E-state index contributed by atoms with van der Waals surface area (Å²) in [5.74, 6) is -1.41. The van der Waals surface area contributed by atoms with Crippen molar-refractivity contribution in [2.75, 3.05) is 33.7 Å². The van der Waals surface area contributed by atoms with E-state index in [1.165, 1.54) is 40.5 Å². The summed E-state index contributed by atoms with van der Waals surface area (Å²) < 4.78 is 22.6. The Hall–Kier alpha value is -3.76. The lowest BCUT2D eigenvalue weighted by atomic mass is 10.1. The average Bonchev–Trinajstić information content (AvgIpc) is 2.77. The molecule has 0 fully saturated rings. The minimum Gasteiger partial charge on any atom is -0.493 e. The number of Topliss-reactive ketones (excluding diaryl/α,β-unsaturated/α-hetero) is 1. The van der Waals surface area contributed by atoms with Gasteiger partial charge in [0.05, 0.1) is 21.3 Å². The largest absolute Gasteiger partial charge is 0.493 e. The van der Waals surface area contributed by atoms with E-state index in [2.05, 4.69) is 0 Å². The quantitative estimate of drug-likeness (QED) is 0.443. The number of hydrogen-bond acceptors (Lipinski definition) is 9. The molecule has 0 aliphatic rings. The molecule has 1 aromatic heterocycles. The van der Waals surface area contributed by atoms with E-state index in [1.807, 2.05) is 6.92 Å². The molecule has 0 spiro atoms. The van der Waals surface area contributed by atoms with Gasteiger partial charge >= 0.3 is 11.7 Å². The van der Waals surface area contributed by atoms with E-state index in [4.69, 9.17) is 24.7 Å². The number of ketones is 1. The van der Waals surface area contributed by atoms with Gasteiger partial charge < -0.3 is 24.7 Å². The van der Waals surface area contributed by atoms with Gasteiger partial charge in [-0.25, -0.2) is 9.59 Å². The summed E-state index contributed by atoms with van der Waals surface area (Å²) in [7, 11) is 5.38. The molecular formula is C20H25N3O8. The molecule has 0 unspecified atom stereocenters. The second-order valence-electron chi connectivity index (χ2n) is 6.44. The van der Waals surface area contributed by atoms with E-state index in [0.717, 1.165) is 9.13 Å². The predicted octanol–water partition coefficient (Wildman–Crippen LogP) is 0.605. The maximum absolute atomic E-state index is 12.7. The van der Waals surface area contributed by atoms with Crippen LogP contribution in [0.15, 0.2) is 21.7 Å². The molecule has 2 rings (SSSR count). The van der Waals surface area contributed by atoms with Crippen molar-refractivity contribution in [1.82, 2.24) is 9.13 Å². The van der Waals surface area contributed by atoms with Gasteiger partial charge in [-0.15, -0.1) is 0 Å². The van der Waals surface area contributed by atoms with Crippen LogP contribution in [-0.4, -0.2) is 48.8 Å². The molecule has 0 radical (unpaired) electrons. The van der Waals surface area contributed by atoms with Crippen molar-refractivity contribution in [2.45, 2.75) is 19.9 Å². The van der Waals surface area contributed by atoms with Crippen LogP contribution < -0.4 is 31.2 Å². The van der Waals surface area contributed by atoms with Crippen LogP contribution in [0, 0.1) is 0 Å². The summed E-state index contributed by atoms with van der Waals surface area (Å²) in [6.07, 6.45) is 0.560. The van der Waals surface area contributed by atoms with Gasteiger partial charge in [0.15, 0.2) is 18.1 Å². The number of rotatable bonds is 9. The molecule has 0 saturated heterocycles. The van der Waals surface area contributed by atoms with Gasteiger partial charge in [0.25, 0.3) is 5.56 Å². The molecule has 0 atom stereocenters. The summed E-state index contributed by atoms with van der Waals surface area (Å²) in [4.78, 5) is 49.9. The van der Waals surface area contributed by atoms with Gasteiger partial charge in [-0.2, -0.15) is 0 Å². The molecule has 0 aliphatic carbocycles. The van der Waals surface area contributed by atoms with Crippen LogP contribution in [0.25, 0.3) is 0 Å². The number of carbonyl (C=O) groups is 2. The summed E-state index contributed by atoms with van der Waals surface area (Å²) in [6.45, 7) is 1.28. The molecular weight excluding hydrogens is 410 g/mol. The fraction of sp³-hybridized carbons (Fsp3) is 0.400. The highest BCUT2D eigenvalue weighted by molar-refractivity contribution is 6.02. The first kappa shape index (κ1) is 23.5. The average molecular weight is 435 g/mol. The molecule has 31 heavy (non-hydrogen) atoms. The lowest BCUT2D eigenvalue weighted by Crippen LogP contribution is -2.43. The van der Waals surface area contributed by atoms with Gasteiger partial charge in [0, 0.05) is 13.6 Å². The van der Waals surface area contributed by atoms with Gasteiger partial charge in [-0.05, 0) is 18.6 Å². The summed E-state index contributed by atoms with van der Waals surface area (Å²) in [6, 6.07) is 2.87. The Kier molecular flexibility index (Phi) is 7.46. The number of ether oxygens (including phenoxy) is 4. The number of anilines is 1. The first-order valence-corrected chi connectivity index (χ1v) is 9.31. The van der Waals surface area contributed by atoms with Crippen molar-refractivity contribution in [3.8, 4) is 17.2 Å². The molecule has 2 aromatic rings. The third kappa shape index (κ3) is 4.39. The van der Waals surface area contributed by atoms with Gasteiger partial charge in [0.2, 0.25) is 11.5 Å². The van der Waals surface area contributed by atoms with Crippen molar-refractivity contribution in [3.05, 3.63) is 44.1 Å². The molecule has 2 N–H and O–H groups in total. The normalized spacial score (nSPS) is 10.5. The van der Waals surface area contributed by atoms with Crippen LogP contribution in [0.3, 0.4) is 0 Å². The van der Waals surface area contributed by atoms with Crippen LogP contribution in [0.1, 0.15) is 34.1 Å². The number of hydrogen-bond donors (Lipinski definition) is 1. The second-order valence-corrected chi connectivity index (χ2v) is 6.44. The van der Waals surface area contributed by atoms with E-state index >= 15 is 0 Å². The minimum atomic E-state index is -0.886. The third-order valence-electron chi connectivity index (χ3n) is 4.57. The van der Waals surface area contributed by atoms with Crippen LogP contribution in [0.4, 0.5) is 5.82 Å². The number of methoxy groups -OCH3 is 3. The van der Waals surface area contributed by atoms with Crippen LogP contribution in [-0.2, 0) is 18.3 Å². The molecule has 0 saturated carbocycles. The van der Waals surface area contributed by atoms with Crippen molar-refractivity contribution in [3.63, 3.8) is 0 Å². The highest BCUT2D eigenvalue weighted by Gasteiger charge is 2.25. The number of benzene rings is 1. The van der Waals surface area contributed by atoms with Crippen molar-refractivity contribution in [1.29, 1.82) is 0 Å². The number of nitrogen functional groups attached to an aromatic ring is 1. The molecule has 1 aromatic carbocycles. The highest BCUT2D eigenvalue weighted by atomic mass is 16.5. The zero-order valence-corrected chi connectivity index (χ0v) is 18.0. The molecule has 0 aliphatic heterocycles. The van der Waals surface area contributed by atoms with Gasteiger partial charge in [0.1, 0.15) is 16.9 Å². The topological polar surface area (TPSA) is 141 Å². The molecule has 1 heterocycles. The Balaban J connectivity index is 2.35. The Morgan fingerprint density at radius 2 is 1.68 bits per heavy atom. The molecule has 0 amide bonds. The number of carbonyl (C=O) groups excluding carboxylic acids is 2. The smallest absolute Gasteiger partial charge is 0.342 e. The SMILES string of the molecule is CCCn1c(N)c(C(=O)COC(=O)c2ccc(OC)c(OC)c2OC)c(=O)n(C)c1=O. The van der Waals surface area contributed by atoms with E-state index in [0.29, 0.717) is 12.2 Å². The summed E-state index contributed by atoms with van der Waals surface area (Å²) in [5.41, 5.74) is 4.00. The fourth-order valence-electron chi connectivity index (χ4n) is 3.03. The zero-order chi connectivity index (χ0) is 23.3. The highest BCUT2D eigenvalue weighted by Crippen LogP contribution is 2.39. The number of aromatic nitrogens is 2. The maximum Gasteiger partial charge on any atom is 0.342 e. The molecule has 11 heteroatoms. The standard InChI is InChI=1S/C20H25N3O8/c1-6-9-23-17(21)14(18(25)22(2)20(23)27)12(24)10-31-19(26)11-7-8-13(28-3)16(30-5)15(11)29-4/h7-8H,6,9-10,21H2,1-5H3. The number of nitrogens with zero attached hydrogens (tertiary/aromatic N) is 2. The predicted molar refractivity (Wildman–Crippen MR) is 111 cm³/mol. The van der Waals surface area contributed by atoms with Crippen molar-refractivity contribution in [2.24, 2.45) is 7.05 Å². The third-order valence-corrected chi connectivity index (χ3v) is 4.57. The van der Waals surface area contributed by atoms with E-state index < -0.39 is 35.2 Å². The minimum absolute atomic E-state index is 0.00947. The Labute approximate surface area is 177 Å². The number of esters is 1. The first-order valence-electron chi connectivity index (χ1n) is 9.31. The zero-order valence-electron chi connectivity index (χ0n) is 18.0. The Bertz CT molecular complexity index is 1120. The van der Waals surface area contributed by atoms with Crippen LogP contribution >= 0.6 is 0 Å². The Morgan fingerprint density at radius 1 is 1.03 bits per heavy atom. The molecule has 11 nitrogen and oxygen atoms in total. The fourth-order valence-corrected chi connectivity index (χ4v) is 3.03. The molecule has 168 valence electrons. The van der Waals surface area contributed by atoms with Crippen molar-refractivity contribution < 1.29 is 28.5 Å². The Morgan fingerprint density at radius 3 is 2.23 bits per heavy atom. The number of nitrogens with two attached hydrogens (primary N) is 1. The first-order chi connectivity index (χ1) is 14.7. The van der Waals surface area contributed by atoms with Crippen LogP contribution in [0.5, 0.6) is 17.2 Å². The van der Waals surface area contributed by atoms with E-state index in [-0.39, 0.29) is 29.4 Å². The van der Waals surface area contributed by atoms with Crippen LogP contribution in [0.2, 0.25) is 0 Å². The lowest BCUT2D eigenvalue weighted by Gasteiger charge is -2.15. The maximum atomic E-state index is 12.7. The second kappa shape index (κ2) is 9.83. The van der Waals surface area contributed by atoms with Gasteiger partial charge in [-0.1, -0.05) is 6.92 Å².